The van der Waals surface area contributed by atoms with E-state index in [2.05, 4.69) is 53.6 Å². The second kappa shape index (κ2) is 9.13. The summed E-state index contributed by atoms with van der Waals surface area (Å²) in [5.41, 5.74) is 5.50. The molecule has 1 aliphatic rings. The van der Waals surface area contributed by atoms with Crippen molar-refractivity contribution in [3.8, 4) is 0 Å². The lowest BCUT2D eigenvalue weighted by Crippen LogP contribution is -2.43. The van der Waals surface area contributed by atoms with E-state index in [0.717, 1.165) is 24.2 Å². The zero-order chi connectivity index (χ0) is 17.5. The van der Waals surface area contributed by atoms with Gasteiger partial charge in [-0.05, 0) is 53.6 Å². The van der Waals surface area contributed by atoms with Crippen LogP contribution in [0.4, 0.5) is 0 Å². The number of nitrogens with one attached hydrogen (secondary N) is 2. The summed E-state index contributed by atoms with van der Waals surface area (Å²) in [5.74, 6) is 1.57. The molecule has 0 amide bonds. The number of amidine groups is 1. The molecule has 134 valence electrons. The minimum Gasteiger partial charge on any atom is -0.293 e. The molecule has 3 atom stereocenters. The Morgan fingerprint density at radius 1 is 1.20 bits per heavy atom. The van der Waals surface area contributed by atoms with E-state index in [4.69, 9.17) is 9.83 Å². The van der Waals surface area contributed by atoms with E-state index in [9.17, 15) is 0 Å². The van der Waals surface area contributed by atoms with Crippen LogP contribution < -0.4 is 10.8 Å². The van der Waals surface area contributed by atoms with Crippen molar-refractivity contribution in [1.82, 2.24) is 10.8 Å². The molecule has 2 heterocycles. The summed E-state index contributed by atoms with van der Waals surface area (Å²) in [7, 11) is 0. The maximum absolute atomic E-state index is 5.72. The highest BCUT2D eigenvalue weighted by Crippen LogP contribution is 2.20. The average molecular weight is 358 g/mol. The first-order valence-corrected chi connectivity index (χ1v) is 9.89. The van der Waals surface area contributed by atoms with Crippen LogP contribution >= 0.6 is 11.3 Å². The predicted molar refractivity (Wildman–Crippen MR) is 105 cm³/mol. The SMILES string of the molecule is CC1CC(C)NC(N=C(Cc2ccsc2)NOCc2ccccc2)C1. The quantitative estimate of drug-likeness (QED) is 0.464. The number of hydrogen-bond acceptors (Lipinski definition) is 4. The van der Waals surface area contributed by atoms with Crippen LogP contribution in [-0.4, -0.2) is 18.0 Å². The van der Waals surface area contributed by atoms with Crippen LogP contribution in [0.3, 0.4) is 0 Å². The number of nitrogens with zero attached hydrogens (tertiary/aromatic N) is 1. The number of aliphatic imine (C=N–C) groups is 1. The third-order valence-electron chi connectivity index (χ3n) is 4.39. The Morgan fingerprint density at radius 3 is 2.76 bits per heavy atom. The number of benzene rings is 1. The van der Waals surface area contributed by atoms with E-state index in [1.54, 1.807) is 11.3 Å². The molecule has 0 spiro atoms. The molecular formula is C20H27N3OS. The molecule has 3 unspecified atom stereocenters. The van der Waals surface area contributed by atoms with Crippen molar-refractivity contribution in [3.63, 3.8) is 0 Å². The van der Waals surface area contributed by atoms with E-state index in [0.29, 0.717) is 18.6 Å². The molecule has 0 aliphatic carbocycles. The van der Waals surface area contributed by atoms with Crippen LogP contribution in [0.2, 0.25) is 0 Å². The molecule has 4 nitrogen and oxygen atoms in total. The number of hydroxylamine groups is 1. The number of rotatable bonds is 6. The van der Waals surface area contributed by atoms with Gasteiger partial charge in [-0.2, -0.15) is 11.3 Å². The van der Waals surface area contributed by atoms with Crippen molar-refractivity contribution in [1.29, 1.82) is 0 Å². The Kier molecular flexibility index (Phi) is 6.62. The fourth-order valence-electron chi connectivity index (χ4n) is 3.30. The highest BCUT2D eigenvalue weighted by atomic mass is 32.1. The van der Waals surface area contributed by atoms with Crippen molar-refractivity contribution in [2.45, 2.75) is 51.9 Å². The van der Waals surface area contributed by atoms with Gasteiger partial charge in [0.2, 0.25) is 0 Å². The normalized spacial score (nSPS) is 24.2. The van der Waals surface area contributed by atoms with Gasteiger partial charge in [0.25, 0.3) is 0 Å². The van der Waals surface area contributed by atoms with E-state index < -0.39 is 0 Å². The van der Waals surface area contributed by atoms with E-state index in [1.807, 2.05) is 18.2 Å². The predicted octanol–water partition coefficient (Wildman–Crippen LogP) is 4.14. The molecule has 0 bridgehead atoms. The minimum atomic E-state index is 0.153. The highest BCUT2D eigenvalue weighted by Gasteiger charge is 2.23. The molecule has 25 heavy (non-hydrogen) atoms. The molecule has 2 aromatic rings. The van der Waals surface area contributed by atoms with Gasteiger partial charge in [-0.25, -0.2) is 0 Å². The Hall–Kier alpha value is -1.69. The first-order chi connectivity index (χ1) is 12.2. The number of hydrogen-bond donors (Lipinski definition) is 2. The smallest absolute Gasteiger partial charge is 0.127 e. The van der Waals surface area contributed by atoms with Gasteiger partial charge in [-0.15, -0.1) is 0 Å². The molecule has 1 aliphatic heterocycles. The Morgan fingerprint density at radius 2 is 2.04 bits per heavy atom. The van der Waals surface area contributed by atoms with E-state index >= 15 is 0 Å². The van der Waals surface area contributed by atoms with Crippen LogP contribution in [0.15, 0.2) is 52.2 Å². The molecule has 1 aromatic heterocycles. The van der Waals surface area contributed by atoms with Gasteiger partial charge in [-0.3, -0.25) is 20.6 Å². The summed E-state index contributed by atoms with van der Waals surface area (Å²) in [6.45, 7) is 5.06. The first-order valence-electron chi connectivity index (χ1n) is 8.94. The Labute approximate surface area is 154 Å². The Balaban J connectivity index is 1.63. The van der Waals surface area contributed by atoms with E-state index in [-0.39, 0.29) is 6.17 Å². The number of piperidine rings is 1. The fraction of sp³-hybridized carbons (Fsp3) is 0.450. The van der Waals surface area contributed by atoms with Crippen molar-refractivity contribution in [3.05, 3.63) is 58.3 Å². The minimum absolute atomic E-state index is 0.153. The average Bonchev–Trinajstić information content (AvgIpc) is 3.08. The maximum Gasteiger partial charge on any atom is 0.127 e. The molecule has 3 rings (SSSR count). The summed E-state index contributed by atoms with van der Waals surface area (Å²) in [4.78, 5) is 10.6. The van der Waals surface area contributed by atoms with Crippen molar-refractivity contribution >= 4 is 17.2 Å². The summed E-state index contributed by atoms with van der Waals surface area (Å²) in [6, 6.07) is 12.8. The molecule has 1 aromatic carbocycles. The van der Waals surface area contributed by atoms with Crippen LogP contribution in [0, 0.1) is 5.92 Å². The second-order valence-corrected chi connectivity index (χ2v) is 7.70. The third kappa shape index (κ3) is 5.96. The van der Waals surface area contributed by atoms with Crippen molar-refractivity contribution in [2.24, 2.45) is 10.9 Å². The van der Waals surface area contributed by atoms with E-state index in [1.165, 1.54) is 12.0 Å². The second-order valence-electron chi connectivity index (χ2n) is 6.92. The van der Waals surface area contributed by atoms with Crippen LogP contribution in [0.1, 0.15) is 37.8 Å². The van der Waals surface area contributed by atoms with Crippen LogP contribution in [0.25, 0.3) is 0 Å². The summed E-state index contributed by atoms with van der Waals surface area (Å²) >= 11 is 1.71. The Bertz CT molecular complexity index is 647. The molecule has 1 saturated heterocycles. The molecule has 0 saturated carbocycles. The maximum atomic E-state index is 5.72. The summed E-state index contributed by atoms with van der Waals surface area (Å²) in [6.07, 6.45) is 3.20. The lowest BCUT2D eigenvalue weighted by molar-refractivity contribution is 0.0694. The third-order valence-corrected chi connectivity index (χ3v) is 5.13. The van der Waals surface area contributed by atoms with Gasteiger partial charge in [0.05, 0.1) is 6.61 Å². The molecule has 2 N–H and O–H groups in total. The monoisotopic (exact) mass is 357 g/mol. The zero-order valence-corrected chi connectivity index (χ0v) is 15.8. The number of thiophene rings is 1. The van der Waals surface area contributed by atoms with Gasteiger partial charge < -0.3 is 0 Å². The van der Waals surface area contributed by atoms with Crippen molar-refractivity contribution < 1.29 is 4.84 Å². The van der Waals surface area contributed by atoms with Crippen LogP contribution in [-0.2, 0) is 17.9 Å². The first kappa shape index (κ1) is 18.1. The highest BCUT2D eigenvalue weighted by molar-refractivity contribution is 7.08. The molecule has 5 heteroatoms. The van der Waals surface area contributed by atoms with Gasteiger partial charge >= 0.3 is 0 Å². The molecule has 0 radical (unpaired) electrons. The van der Waals surface area contributed by atoms with Gasteiger partial charge in [0, 0.05) is 12.5 Å². The van der Waals surface area contributed by atoms with Gasteiger partial charge in [-0.1, -0.05) is 37.3 Å². The lowest BCUT2D eigenvalue weighted by Gasteiger charge is -2.31. The largest absolute Gasteiger partial charge is 0.293 e. The van der Waals surface area contributed by atoms with Crippen LogP contribution in [0.5, 0.6) is 0 Å². The topological polar surface area (TPSA) is 45.7 Å². The molecule has 1 fully saturated rings. The molecular weight excluding hydrogens is 330 g/mol. The van der Waals surface area contributed by atoms with Gasteiger partial charge in [0.15, 0.2) is 0 Å². The lowest BCUT2D eigenvalue weighted by atomic mass is 9.93. The van der Waals surface area contributed by atoms with Gasteiger partial charge in [0.1, 0.15) is 12.0 Å². The fourth-order valence-corrected chi connectivity index (χ4v) is 3.96. The standard InChI is InChI=1S/C20H27N3OS/c1-15-10-16(2)21-19(11-15)22-20(12-18-8-9-25-14-18)23-24-13-17-6-4-3-5-7-17/h3-9,14-16,19,21H,10-13H2,1-2H3,(H,22,23). The summed E-state index contributed by atoms with van der Waals surface area (Å²) < 4.78 is 0. The van der Waals surface area contributed by atoms with Crippen molar-refractivity contribution in [2.75, 3.05) is 0 Å². The zero-order valence-electron chi connectivity index (χ0n) is 14.9. The summed E-state index contributed by atoms with van der Waals surface area (Å²) in [5, 5.41) is 7.84.